The zero-order chi connectivity index (χ0) is 18.4. The maximum absolute atomic E-state index is 13.8. The molecule has 2 aliphatic rings. The molecule has 0 fully saturated rings. The molecule has 0 aliphatic carbocycles. The Morgan fingerprint density at radius 2 is 1.81 bits per heavy atom. The summed E-state index contributed by atoms with van der Waals surface area (Å²) in [6, 6.07) is 21.4. The van der Waals surface area contributed by atoms with Crippen molar-refractivity contribution < 1.29 is 14.2 Å². The van der Waals surface area contributed by atoms with E-state index in [1.54, 1.807) is 18.2 Å². The van der Waals surface area contributed by atoms with E-state index >= 15 is 0 Å². The van der Waals surface area contributed by atoms with Crippen LogP contribution in [0.15, 0.2) is 77.9 Å². The van der Waals surface area contributed by atoms with Gasteiger partial charge in [0.05, 0.1) is 11.8 Å². The molecule has 0 saturated carbocycles. The highest BCUT2D eigenvalue weighted by atomic mass is 19.1. The lowest BCUT2D eigenvalue weighted by Crippen LogP contribution is -2.33. The van der Waals surface area contributed by atoms with Crippen molar-refractivity contribution in [1.29, 1.82) is 0 Å². The highest BCUT2D eigenvalue weighted by Crippen LogP contribution is 2.47. The van der Waals surface area contributed by atoms with Gasteiger partial charge in [0.2, 0.25) is 6.23 Å². The van der Waals surface area contributed by atoms with Crippen LogP contribution in [0.2, 0.25) is 0 Å². The Kier molecular flexibility index (Phi) is 3.60. The minimum absolute atomic E-state index is 0.0298. The van der Waals surface area contributed by atoms with Crippen molar-refractivity contribution in [3.05, 3.63) is 95.3 Å². The average molecular weight is 360 g/mol. The van der Waals surface area contributed by atoms with Gasteiger partial charge in [-0.05, 0) is 30.3 Å². The summed E-state index contributed by atoms with van der Waals surface area (Å²) < 4.78 is 20.0. The number of fused-ring (bicyclic) bond motifs is 3. The number of ether oxygens (including phenoxy) is 1. The maximum atomic E-state index is 13.8. The Morgan fingerprint density at radius 1 is 1.00 bits per heavy atom. The third kappa shape index (κ3) is 2.63. The summed E-state index contributed by atoms with van der Waals surface area (Å²) in [4.78, 5) is 0. The number of rotatable bonds is 2. The number of phenols is 1. The van der Waals surface area contributed by atoms with Crippen LogP contribution in [0.3, 0.4) is 0 Å². The topological polar surface area (TPSA) is 45.1 Å². The zero-order valence-corrected chi connectivity index (χ0v) is 14.4. The van der Waals surface area contributed by atoms with Crippen LogP contribution >= 0.6 is 0 Å². The van der Waals surface area contributed by atoms with Crippen LogP contribution in [-0.2, 0) is 0 Å². The first kappa shape index (κ1) is 15.9. The van der Waals surface area contributed by atoms with Gasteiger partial charge >= 0.3 is 0 Å². The van der Waals surface area contributed by atoms with Gasteiger partial charge in [-0.3, -0.25) is 0 Å². The maximum Gasteiger partial charge on any atom is 0.213 e. The number of hydrogen-bond donors (Lipinski definition) is 1. The number of halogens is 1. The Bertz CT molecular complexity index is 1050. The van der Waals surface area contributed by atoms with Crippen LogP contribution in [0.1, 0.15) is 35.4 Å². The summed E-state index contributed by atoms with van der Waals surface area (Å²) in [5.74, 6) is 0.671. The molecule has 2 atom stereocenters. The van der Waals surface area contributed by atoms with Crippen molar-refractivity contribution >= 4 is 5.71 Å². The van der Waals surface area contributed by atoms with Crippen molar-refractivity contribution in [3.63, 3.8) is 0 Å². The summed E-state index contributed by atoms with van der Waals surface area (Å²) in [6.07, 6.45) is 0.119. The predicted molar refractivity (Wildman–Crippen MR) is 100 cm³/mol. The molecule has 0 saturated heterocycles. The molecule has 134 valence electrons. The second kappa shape index (κ2) is 6.13. The van der Waals surface area contributed by atoms with Crippen LogP contribution < -0.4 is 4.74 Å². The third-order valence-corrected chi connectivity index (χ3v) is 5.05. The summed E-state index contributed by atoms with van der Waals surface area (Å²) in [7, 11) is 0. The number of aromatic hydroxyl groups is 1. The number of phenolic OH excluding ortho intramolecular Hbond substituents is 1. The average Bonchev–Trinajstić information content (AvgIpc) is 3.13. The quantitative estimate of drug-likeness (QED) is 0.716. The Hall–Kier alpha value is -3.34. The lowest BCUT2D eigenvalue weighted by atomic mass is 9.95. The summed E-state index contributed by atoms with van der Waals surface area (Å²) in [5, 5.41) is 16.9. The van der Waals surface area contributed by atoms with Crippen LogP contribution in [0.4, 0.5) is 4.39 Å². The van der Waals surface area contributed by atoms with Crippen LogP contribution in [-0.4, -0.2) is 15.8 Å². The fourth-order valence-electron chi connectivity index (χ4n) is 3.79. The number of benzene rings is 3. The normalized spacial score (nSPS) is 20.5. The molecule has 3 aromatic rings. The van der Waals surface area contributed by atoms with Gasteiger partial charge < -0.3 is 9.84 Å². The molecule has 0 bridgehead atoms. The Labute approximate surface area is 156 Å². The lowest BCUT2D eigenvalue weighted by Gasteiger charge is -2.38. The molecule has 5 heteroatoms. The van der Waals surface area contributed by atoms with Gasteiger partial charge in [0, 0.05) is 23.1 Å². The molecule has 1 N–H and O–H groups in total. The lowest BCUT2D eigenvalue weighted by molar-refractivity contribution is -0.0192. The second-order valence-electron chi connectivity index (χ2n) is 6.73. The van der Waals surface area contributed by atoms with Gasteiger partial charge in [0.1, 0.15) is 17.3 Å². The van der Waals surface area contributed by atoms with E-state index in [2.05, 4.69) is 0 Å². The molecular formula is C22H17FN2O2. The van der Waals surface area contributed by atoms with Gasteiger partial charge in [-0.1, -0.05) is 42.5 Å². The van der Waals surface area contributed by atoms with Crippen molar-refractivity contribution in [3.8, 4) is 11.5 Å². The van der Waals surface area contributed by atoms with E-state index < -0.39 is 6.23 Å². The number of hydrazone groups is 1. The van der Waals surface area contributed by atoms with E-state index in [0.29, 0.717) is 17.5 Å². The number of para-hydroxylation sites is 2. The fraction of sp³-hybridized carbons (Fsp3) is 0.136. The highest BCUT2D eigenvalue weighted by Gasteiger charge is 2.41. The molecule has 0 aromatic heterocycles. The first-order valence-corrected chi connectivity index (χ1v) is 8.86. The molecule has 0 radical (unpaired) electrons. The van der Waals surface area contributed by atoms with Gasteiger partial charge in [0.25, 0.3) is 0 Å². The highest BCUT2D eigenvalue weighted by molar-refractivity contribution is 6.04. The van der Waals surface area contributed by atoms with E-state index in [1.807, 2.05) is 47.5 Å². The van der Waals surface area contributed by atoms with E-state index in [9.17, 15) is 9.50 Å². The van der Waals surface area contributed by atoms with E-state index in [-0.39, 0.29) is 17.6 Å². The van der Waals surface area contributed by atoms with E-state index in [0.717, 1.165) is 17.0 Å². The van der Waals surface area contributed by atoms with Crippen molar-refractivity contribution in [1.82, 2.24) is 5.01 Å². The zero-order valence-electron chi connectivity index (χ0n) is 14.4. The first-order chi connectivity index (χ1) is 13.2. The van der Waals surface area contributed by atoms with Gasteiger partial charge in [-0.2, -0.15) is 5.10 Å². The molecule has 5 rings (SSSR count). The molecular weight excluding hydrogens is 343 g/mol. The van der Waals surface area contributed by atoms with Gasteiger partial charge in [-0.25, -0.2) is 9.40 Å². The molecule has 2 aliphatic heterocycles. The number of hydrogen-bond acceptors (Lipinski definition) is 4. The Morgan fingerprint density at radius 3 is 2.67 bits per heavy atom. The van der Waals surface area contributed by atoms with Gasteiger partial charge in [0.15, 0.2) is 0 Å². The summed E-state index contributed by atoms with van der Waals surface area (Å²) >= 11 is 0. The standard InChI is InChI=1S/C22H17FN2O2/c23-15-7-5-6-14(12-15)22-25-19(17-9-2-4-11-21(17)27-22)13-18(24-25)16-8-1-3-10-20(16)26/h1-12,19,22,26H,13H2/t19-,22+/m1/s1. The predicted octanol–water partition coefficient (Wildman–Crippen LogP) is 4.77. The minimum atomic E-state index is -0.524. The van der Waals surface area contributed by atoms with E-state index in [4.69, 9.17) is 9.84 Å². The third-order valence-electron chi connectivity index (χ3n) is 5.05. The molecule has 2 heterocycles. The van der Waals surface area contributed by atoms with Gasteiger partial charge in [-0.15, -0.1) is 0 Å². The second-order valence-corrected chi connectivity index (χ2v) is 6.73. The van der Waals surface area contributed by atoms with E-state index in [1.165, 1.54) is 12.1 Å². The summed E-state index contributed by atoms with van der Waals surface area (Å²) in [6.45, 7) is 0. The molecule has 4 nitrogen and oxygen atoms in total. The smallest absolute Gasteiger partial charge is 0.213 e. The Balaban J connectivity index is 1.62. The van der Waals surface area contributed by atoms with Crippen molar-refractivity contribution in [2.75, 3.05) is 0 Å². The van der Waals surface area contributed by atoms with Crippen LogP contribution in [0.5, 0.6) is 11.5 Å². The van der Waals surface area contributed by atoms with Crippen molar-refractivity contribution in [2.45, 2.75) is 18.7 Å². The monoisotopic (exact) mass is 360 g/mol. The largest absolute Gasteiger partial charge is 0.507 e. The molecule has 27 heavy (non-hydrogen) atoms. The minimum Gasteiger partial charge on any atom is -0.507 e. The van der Waals surface area contributed by atoms with Crippen molar-refractivity contribution in [2.24, 2.45) is 5.10 Å². The fourth-order valence-corrected chi connectivity index (χ4v) is 3.79. The molecule has 0 unspecified atom stereocenters. The van der Waals surface area contributed by atoms with Crippen LogP contribution in [0, 0.1) is 5.82 Å². The summed E-state index contributed by atoms with van der Waals surface area (Å²) in [5.41, 5.74) is 3.25. The molecule has 0 spiro atoms. The molecule has 3 aromatic carbocycles. The molecule has 0 amide bonds. The first-order valence-electron chi connectivity index (χ1n) is 8.86. The SMILES string of the molecule is Oc1ccccc1C1=NN2[C@H](C1)c1ccccc1O[C@H]2c1cccc(F)c1. The number of nitrogens with zero attached hydrogens (tertiary/aromatic N) is 2. The van der Waals surface area contributed by atoms with Crippen LogP contribution in [0.25, 0.3) is 0 Å².